The molecule has 2 aromatic carbocycles. The first kappa shape index (κ1) is 15.7. The van der Waals surface area contributed by atoms with Crippen molar-refractivity contribution in [1.82, 2.24) is 10.4 Å². The molecule has 2 aromatic rings. The van der Waals surface area contributed by atoms with E-state index in [2.05, 4.69) is 5.48 Å². The normalized spacial score (nSPS) is 17.9. The van der Waals surface area contributed by atoms with Gasteiger partial charge >= 0.3 is 0 Å². The Morgan fingerprint density at radius 2 is 1.92 bits per heavy atom. The molecule has 0 aliphatic carbocycles. The highest BCUT2D eigenvalue weighted by molar-refractivity contribution is 6.04. The third-order valence-corrected chi connectivity index (χ3v) is 4.88. The molecule has 2 heterocycles. The minimum Gasteiger partial charge on any atom is -0.481 e. The molecule has 25 heavy (non-hydrogen) atoms. The van der Waals surface area contributed by atoms with E-state index < -0.39 is 5.60 Å². The zero-order valence-corrected chi connectivity index (χ0v) is 14.5. The van der Waals surface area contributed by atoms with Crippen LogP contribution in [0.3, 0.4) is 0 Å². The number of hydrogen-bond acceptors (Lipinski definition) is 4. The quantitative estimate of drug-likeness (QED) is 0.825. The van der Waals surface area contributed by atoms with E-state index in [1.54, 1.807) is 4.90 Å². The van der Waals surface area contributed by atoms with Crippen molar-refractivity contribution >= 4 is 11.6 Å². The lowest BCUT2D eigenvalue weighted by Crippen LogP contribution is -2.43. The molecule has 1 amide bonds. The third kappa shape index (κ3) is 2.23. The molecule has 0 spiro atoms. The first-order valence-corrected chi connectivity index (χ1v) is 8.27. The van der Waals surface area contributed by atoms with Crippen molar-refractivity contribution in [2.24, 2.45) is 0 Å². The highest BCUT2D eigenvalue weighted by atomic mass is 16.5. The highest BCUT2D eigenvalue weighted by Gasteiger charge is 2.41. The Morgan fingerprint density at radius 3 is 2.64 bits per heavy atom. The molecule has 2 aliphatic rings. The van der Waals surface area contributed by atoms with Crippen molar-refractivity contribution in [2.45, 2.75) is 32.9 Å². The van der Waals surface area contributed by atoms with Gasteiger partial charge in [0.05, 0.1) is 12.2 Å². The Kier molecular flexibility index (Phi) is 3.37. The summed E-state index contributed by atoms with van der Waals surface area (Å²) in [5.41, 5.74) is 6.16. The molecule has 0 aromatic heterocycles. The molecule has 0 saturated carbocycles. The number of hydrogen-bond donors (Lipinski definition) is 2. The van der Waals surface area contributed by atoms with E-state index in [0.717, 1.165) is 16.7 Å². The van der Waals surface area contributed by atoms with Crippen LogP contribution in [0.5, 0.6) is 5.75 Å². The van der Waals surface area contributed by atoms with E-state index in [4.69, 9.17) is 4.74 Å². The van der Waals surface area contributed by atoms with Gasteiger partial charge in [0.1, 0.15) is 17.0 Å². The van der Waals surface area contributed by atoms with Gasteiger partial charge in [0.25, 0.3) is 5.91 Å². The molecule has 0 unspecified atom stereocenters. The minimum atomic E-state index is -0.792. The van der Waals surface area contributed by atoms with Gasteiger partial charge in [-0.25, -0.2) is 0 Å². The second kappa shape index (κ2) is 5.36. The summed E-state index contributed by atoms with van der Waals surface area (Å²) >= 11 is 0. The van der Waals surface area contributed by atoms with Gasteiger partial charge in [-0.15, -0.1) is 0 Å². The zero-order valence-electron chi connectivity index (χ0n) is 14.5. The van der Waals surface area contributed by atoms with Gasteiger partial charge in [0, 0.05) is 11.1 Å². The minimum absolute atomic E-state index is 0.0646. The van der Waals surface area contributed by atoms with Crippen LogP contribution in [-0.2, 0) is 6.54 Å². The number of ether oxygens (including phenoxy) is 1. The first-order chi connectivity index (χ1) is 11.9. The van der Waals surface area contributed by atoms with E-state index in [9.17, 15) is 10.0 Å². The molecule has 0 atom stereocenters. The van der Waals surface area contributed by atoms with Crippen LogP contribution in [0.2, 0.25) is 0 Å². The number of benzene rings is 2. The Bertz CT molecular complexity index is 915. The van der Waals surface area contributed by atoms with E-state index in [0.29, 0.717) is 29.3 Å². The number of rotatable bonds is 2. The number of nitrogens with zero attached hydrogens (tertiary/aromatic N) is 1. The number of amides is 1. The molecule has 5 nitrogen and oxygen atoms in total. The van der Waals surface area contributed by atoms with Crippen molar-refractivity contribution in [1.29, 1.82) is 0 Å². The number of fused-ring (bicyclic) bond motifs is 2. The SMILES string of the molecule is Cc1cccc2c1C(N1Cc3ccccc3C1=O)=C(NO)C(C)(C)O2. The summed E-state index contributed by atoms with van der Waals surface area (Å²) in [6, 6.07) is 13.4. The van der Waals surface area contributed by atoms with Crippen LogP contribution < -0.4 is 10.2 Å². The van der Waals surface area contributed by atoms with Crippen LogP contribution >= 0.6 is 0 Å². The Labute approximate surface area is 146 Å². The van der Waals surface area contributed by atoms with Crippen molar-refractivity contribution in [3.63, 3.8) is 0 Å². The van der Waals surface area contributed by atoms with Crippen LogP contribution in [0.15, 0.2) is 48.2 Å². The van der Waals surface area contributed by atoms with Crippen LogP contribution in [0.4, 0.5) is 0 Å². The lowest BCUT2D eigenvalue weighted by atomic mass is 9.92. The average molecular weight is 336 g/mol. The molecular weight excluding hydrogens is 316 g/mol. The van der Waals surface area contributed by atoms with Crippen molar-refractivity contribution in [3.8, 4) is 5.75 Å². The van der Waals surface area contributed by atoms with Crippen LogP contribution in [0, 0.1) is 6.92 Å². The number of aryl methyl sites for hydroxylation is 1. The smallest absolute Gasteiger partial charge is 0.259 e. The third-order valence-electron chi connectivity index (χ3n) is 4.88. The van der Waals surface area contributed by atoms with Gasteiger partial charge in [-0.3, -0.25) is 15.5 Å². The van der Waals surface area contributed by atoms with E-state index in [1.807, 2.05) is 63.2 Å². The van der Waals surface area contributed by atoms with Gasteiger partial charge in [-0.2, -0.15) is 0 Å². The van der Waals surface area contributed by atoms with Gasteiger partial charge in [-0.05, 0) is 44.0 Å². The summed E-state index contributed by atoms with van der Waals surface area (Å²) in [7, 11) is 0. The van der Waals surface area contributed by atoms with Crippen molar-refractivity contribution in [2.75, 3.05) is 0 Å². The molecule has 128 valence electrons. The summed E-state index contributed by atoms with van der Waals surface area (Å²) in [6.07, 6.45) is 0. The van der Waals surface area contributed by atoms with Gasteiger partial charge in [-0.1, -0.05) is 30.3 Å². The summed E-state index contributed by atoms with van der Waals surface area (Å²) < 4.78 is 6.09. The fourth-order valence-corrected chi connectivity index (χ4v) is 3.66. The predicted molar refractivity (Wildman–Crippen MR) is 94.0 cm³/mol. The second-order valence-corrected chi connectivity index (χ2v) is 6.94. The maximum Gasteiger partial charge on any atom is 0.259 e. The first-order valence-electron chi connectivity index (χ1n) is 8.27. The van der Waals surface area contributed by atoms with Crippen molar-refractivity contribution in [3.05, 3.63) is 70.4 Å². The fourth-order valence-electron chi connectivity index (χ4n) is 3.66. The molecule has 0 bridgehead atoms. The van der Waals surface area contributed by atoms with Gasteiger partial charge in [0.2, 0.25) is 0 Å². The predicted octanol–water partition coefficient (Wildman–Crippen LogP) is 3.47. The van der Waals surface area contributed by atoms with E-state index in [-0.39, 0.29) is 5.91 Å². The lowest BCUT2D eigenvalue weighted by Gasteiger charge is -2.39. The summed E-state index contributed by atoms with van der Waals surface area (Å²) in [5.74, 6) is 0.646. The molecule has 4 rings (SSSR count). The Hall–Kier alpha value is -2.79. The second-order valence-electron chi connectivity index (χ2n) is 6.94. The lowest BCUT2D eigenvalue weighted by molar-refractivity contribution is 0.0780. The number of carbonyl (C=O) groups excluding carboxylic acids is 1. The summed E-state index contributed by atoms with van der Waals surface area (Å²) in [6.45, 7) is 6.18. The molecule has 5 heteroatoms. The van der Waals surface area contributed by atoms with Crippen LogP contribution in [0.1, 0.15) is 40.9 Å². The maximum atomic E-state index is 13.0. The standard InChI is InChI=1S/C20H20N2O3/c1-12-7-6-10-15-16(12)17(18(21-24)20(2,3)25-15)22-11-13-8-4-5-9-14(13)19(22)23/h4-10,21,24H,11H2,1-3H3. The van der Waals surface area contributed by atoms with Crippen LogP contribution in [-0.4, -0.2) is 21.6 Å². The summed E-state index contributed by atoms with van der Waals surface area (Å²) in [4.78, 5) is 14.8. The zero-order chi connectivity index (χ0) is 17.8. The van der Waals surface area contributed by atoms with Gasteiger partial charge in [0.15, 0.2) is 0 Å². The topological polar surface area (TPSA) is 61.8 Å². The molecule has 0 saturated heterocycles. The fraction of sp³-hybridized carbons (Fsp3) is 0.250. The maximum absolute atomic E-state index is 13.0. The summed E-state index contributed by atoms with van der Waals surface area (Å²) in [5, 5.41) is 9.85. The van der Waals surface area contributed by atoms with E-state index in [1.165, 1.54) is 0 Å². The van der Waals surface area contributed by atoms with Crippen LogP contribution in [0.25, 0.3) is 5.70 Å². The molecular formula is C20H20N2O3. The number of hydroxylamine groups is 1. The molecule has 0 radical (unpaired) electrons. The number of carbonyl (C=O) groups is 1. The molecule has 2 N–H and O–H groups in total. The average Bonchev–Trinajstić information content (AvgIpc) is 2.90. The van der Waals surface area contributed by atoms with E-state index >= 15 is 0 Å². The number of nitrogens with one attached hydrogen (secondary N) is 1. The monoisotopic (exact) mass is 336 g/mol. The Balaban J connectivity index is 1.95. The highest BCUT2D eigenvalue weighted by Crippen LogP contribution is 2.44. The molecule has 0 fully saturated rings. The largest absolute Gasteiger partial charge is 0.481 e. The molecule has 2 aliphatic heterocycles. The van der Waals surface area contributed by atoms with Gasteiger partial charge < -0.3 is 9.64 Å². The Morgan fingerprint density at radius 1 is 1.16 bits per heavy atom. The van der Waals surface area contributed by atoms with Crippen molar-refractivity contribution < 1.29 is 14.7 Å².